The lowest BCUT2D eigenvalue weighted by Crippen LogP contribution is -2.37. The van der Waals surface area contributed by atoms with E-state index in [0.29, 0.717) is 43.2 Å². The molecule has 1 fully saturated rings. The van der Waals surface area contributed by atoms with Gasteiger partial charge in [-0.25, -0.2) is 4.98 Å². The van der Waals surface area contributed by atoms with Crippen LogP contribution < -0.4 is 10.2 Å². The molecule has 146 valence electrons. The predicted octanol–water partition coefficient (Wildman–Crippen LogP) is 3.15. The summed E-state index contributed by atoms with van der Waals surface area (Å²) in [6.45, 7) is 6.46. The number of ether oxygens (including phenoxy) is 1. The van der Waals surface area contributed by atoms with E-state index in [9.17, 15) is 4.79 Å². The van der Waals surface area contributed by atoms with Gasteiger partial charge in [0.15, 0.2) is 5.69 Å². The molecule has 1 aliphatic heterocycles. The number of rotatable bonds is 5. The van der Waals surface area contributed by atoms with E-state index >= 15 is 0 Å². The number of carbonyl (C=O) groups is 1. The van der Waals surface area contributed by atoms with Gasteiger partial charge in [0, 0.05) is 18.7 Å². The smallest absolute Gasteiger partial charge is 0.281 e. The van der Waals surface area contributed by atoms with Crippen molar-refractivity contribution in [3.8, 4) is 11.5 Å². The first-order valence-corrected chi connectivity index (χ1v) is 10.00. The molecule has 0 spiro atoms. The standard InChI is InChI=1S/C19H21N5O3S/c1-3-14-22-23-19(28-14)21-16(25)15-18(24-8-10-26-11-9-24)27-17(20-15)13-6-4-12(2)5-7-13/h4-7H,3,8-11H2,1-2H3,(H,21,23,25). The van der Waals surface area contributed by atoms with Crippen molar-refractivity contribution in [3.05, 3.63) is 40.5 Å². The normalized spacial score (nSPS) is 14.3. The Morgan fingerprint density at radius 2 is 1.96 bits per heavy atom. The number of anilines is 2. The Morgan fingerprint density at radius 3 is 2.64 bits per heavy atom. The lowest BCUT2D eigenvalue weighted by molar-refractivity contribution is 0.101. The summed E-state index contributed by atoms with van der Waals surface area (Å²) in [5, 5.41) is 12.2. The molecule has 4 rings (SSSR count). The fourth-order valence-electron chi connectivity index (χ4n) is 2.86. The molecule has 1 amide bonds. The summed E-state index contributed by atoms with van der Waals surface area (Å²) in [6, 6.07) is 7.84. The Bertz CT molecular complexity index is 960. The van der Waals surface area contributed by atoms with E-state index in [1.54, 1.807) is 0 Å². The molecule has 1 saturated heterocycles. The fourth-order valence-corrected chi connectivity index (χ4v) is 3.54. The molecule has 0 unspecified atom stereocenters. The largest absolute Gasteiger partial charge is 0.420 e. The van der Waals surface area contributed by atoms with Crippen molar-refractivity contribution >= 4 is 28.3 Å². The number of nitrogens with zero attached hydrogens (tertiary/aromatic N) is 4. The second-order valence-corrected chi connectivity index (χ2v) is 7.51. The maximum absolute atomic E-state index is 12.9. The molecular formula is C19H21N5O3S. The van der Waals surface area contributed by atoms with Crippen molar-refractivity contribution < 1.29 is 13.9 Å². The van der Waals surface area contributed by atoms with E-state index in [2.05, 4.69) is 20.5 Å². The molecule has 1 aromatic carbocycles. The monoisotopic (exact) mass is 399 g/mol. The third-order valence-electron chi connectivity index (χ3n) is 4.41. The van der Waals surface area contributed by atoms with Crippen LogP contribution in [0.3, 0.4) is 0 Å². The van der Waals surface area contributed by atoms with E-state index in [1.165, 1.54) is 11.3 Å². The van der Waals surface area contributed by atoms with Crippen LogP contribution in [-0.4, -0.2) is 47.4 Å². The van der Waals surface area contributed by atoms with E-state index < -0.39 is 0 Å². The van der Waals surface area contributed by atoms with Crippen molar-refractivity contribution in [2.75, 3.05) is 36.5 Å². The van der Waals surface area contributed by atoms with Crippen LogP contribution in [0, 0.1) is 6.92 Å². The molecule has 0 aliphatic carbocycles. The zero-order valence-corrected chi connectivity index (χ0v) is 16.6. The highest BCUT2D eigenvalue weighted by molar-refractivity contribution is 7.15. The lowest BCUT2D eigenvalue weighted by atomic mass is 10.1. The van der Waals surface area contributed by atoms with Gasteiger partial charge in [-0.15, -0.1) is 10.2 Å². The second kappa shape index (κ2) is 8.07. The quantitative estimate of drug-likeness (QED) is 0.704. The number of hydrogen-bond acceptors (Lipinski definition) is 8. The van der Waals surface area contributed by atoms with Crippen LogP contribution in [0.25, 0.3) is 11.5 Å². The van der Waals surface area contributed by atoms with Gasteiger partial charge in [0.1, 0.15) is 5.01 Å². The van der Waals surface area contributed by atoms with Gasteiger partial charge < -0.3 is 14.1 Å². The van der Waals surface area contributed by atoms with Gasteiger partial charge >= 0.3 is 0 Å². The van der Waals surface area contributed by atoms with Crippen LogP contribution in [0.5, 0.6) is 0 Å². The molecule has 3 aromatic rings. The van der Waals surface area contributed by atoms with Crippen molar-refractivity contribution in [2.45, 2.75) is 20.3 Å². The lowest BCUT2D eigenvalue weighted by Gasteiger charge is -2.26. The maximum atomic E-state index is 12.9. The molecule has 9 heteroatoms. The van der Waals surface area contributed by atoms with E-state index in [0.717, 1.165) is 22.6 Å². The zero-order chi connectivity index (χ0) is 19.5. The fraction of sp³-hybridized carbons (Fsp3) is 0.368. The molecular weight excluding hydrogens is 378 g/mol. The summed E-state index contributed by atoms with van der Waals surface area (Å²) in [4.78, 5) is 19.4. The van der Waals surface area contributed by atoms with E-state index in [4.69, 9.17) is 9.15 Å². The molecule has 2 aromatic heterocycles. The molecule has 28 heavy (non-hydrogen) atoms. The Morgan fingerprint density at radius 1 is 1.21 bits per heavy atom. The van der Waals surface area contributed by atoms with Gasteiger partial charge in [0.2, 0.25) is 16.9 Å². The number of carbonyl (C=O) groups excluding carboxylic acids is 1. The van der Waals surface area contributed by atoms with Gasteiger partial charge in [0.05, 0.1) is 13.2 Å². The van der Waals surface area contributed by atoms with Crippen molar-refractivity contribution in [2.24, 2.45) is 0 Å². The minimum Gasteiger partial charge on any atom is -0.420 e. The van der Waals surface area contributed by atoms with Gasteiger partial charge in [-0.05, 0) is 25.5 Å². The van der Waals surface area contributed by atoms with Crippen LogP contribution in [0.15, 0.2) is 28.7 Å². The third kappa shape index (κ3) is 3.90. The highest BCUT2D eigenvalue weighted by atomic mass is 32.1. The molecule has 0 bridgehead atoms. The summed E-state index contributed by atoms with van der Waals surface area (Å²) in [5.41, 5.74) is 2.21. The summed E-state index contributed by atoms with van der Waals surface area (Å²) < 4.78 is 11.4. The molecule has 8 nitrogen and oxygen atoms in total. The number of aromatic nitrogens is 3. The number of amides is 1. The Hall–Kier alpha value is -2.78. The van der Waals surface area contributed by atoms with Crippen LogP contribution in [-0.2, 0) is 11.2 Å². The highest BCUT2D eigenvalue weighted by Crippen LogP contribution is 2.30. The molecule has 1 aliphatic rings. The summed E-state index contributed by atoms with van der Waals surface area (Å²) >= 11 is 1.36. The average Bonchev–Trinajstić information content (AvgIpc) is 3.36. The summed E-state index contributed by atoms with van der Waals surface area (Å²) in [5.74, 6) is 0.511. The molecule has 3 heterocycles. The number of nitrogens with one attached hydrogen (secondary N) is 1. The van der Waals surface area contributed by atoms with Gasteiger partial charge in [-0.2, -0.15) is 0 Å². The zero-order valence-electron chi connectivity index (χ0n) is 15.8. The second-order valence-electron chi connectivity index (χ2n) is 6.45. The van der Waals surface area contributed by atoms with E-state index in [-0.39, 0.29) is 11.6 Å². The molecule has 0 saturated carbocycles. The van der Waals surface area contributed by atoms with Gasteiger partial charge in [0.25, 0.3) is 5.91 Å². The number of aryl methyl sites for hydroxylation is 2. The highest BCUT2D eigenvalue weighted by Gasteiger charge is 2.27. The minimum absolute atomic E-state index is 0.241. The Kier molecular flexibility index (Phi) is 5.36. The SMILES string of the molecule is CCc1nnc(NC(=O)c2nc(-c3ccc(C)cc3)oc2N2CCOCC2)s1. The number of hydrogen-bond donors (Lipinski definition) is 1. The van der Waals surface area contributed by atoms with Gasteiger partial charge in [-0.1, -0.05) is 36.0 Å². The van der Waals surface area contributed by atoms with Crippen LogP contribution in [0.2, 0.25) is 0 Å². The van der Waals surface area contributed by atoms with Crippen LogP contribution in [0.1, 0.15) is 28.0 Å². The summed E-state index contributed by atoms with van der Waals surface area (Å²) in [6.07, 6.45) is 0.772. The Balaban J connectivity index is 1.66. The first-order valence-electron chi connectivity index (χ1n) is 9.18. The average molecular weight is 399 g/mol. The first kappa shape index (κ1) is 18.6. The van der Waals surface area contributed by atoms with Crippen LogP contribution >= 0.6 is 11.3 Å². The topological polar surface area (TPSA) is 93.4 Å². The van der Waals surface area contributed by atoms with Crippen molar-refractivity contribution in [1.82, 2.24) is 15.2 Å². The summed E-state index contributed by atoms with van der Waals surface area (Å²) in [7, 11) is 0. The van der Waals surface area contributed by atoms with Crippen molar-refractivity contribution in [3.63, 3.8) is 0 Å². The first-order chi connectivity index (χ1) is 13.6. The number of morpholine rings is 1. The third-order valence-corrected chi connectivity index (χ3v) is 5.39. The number of oxazole rings is 1. The molecule has 0 radical (unpaired) electrons. The van der Waals surface area contributed by atoms with E-state index in [1.807, 2.05) is 43.0 Å². The Labute approximate surface area is 166 Å². The minimum atomic E-state index is -0.359. The maximum Gasteiger partial charge on any atom is 0.281 e. The van der Waals surface area contributed by atoms with Gasteiger partial charge in [-0.3, -0.25) is 10.1 Å². The molecule has 1 N–H and O–H groups in total. The van der Waals surface area contributed by atoms with Crippen molar-refractivity contribution in [1.29, 1.82) is 0 Å². The molecule has 0 atom stereocenters. The predicted molar refractivity (Wildman–Crippen MR) is 107 cm³/mol. The number of benzene rings is 1. The van der Waals surface area contributed by atoms with Crippen LogP contribution in [0.4, 0.5) is 11.0 Å².